The van der Waals surface area contributed by atoms with Crippen molar-refractivity contribution in [1.82, 2.24) is 0 Å². The summed E-state index contributed by atoms with van der Waals surface area (Å²) >= 11 is 5.77. The first-order valence-electron chi connectivity index (χ1n) is 7.76. The maximum absolute atomic E-state index is 12.7. The van der Waals surface area contributed by atoms with Crippen LogP contribution in [0, 0.1) is 0 Å². The van der Waals surface area contributed by atoms with Crippen molar-refractivity contribution in [2.24, 2.45) is 0 Å². The largest absolute Gasteiger partial charge is 0.493 e. The third-order valence-electron chi connectivity index (χ3n) is 3.25. The van der Waals surface area contributed by atoms with Crippen molar-refractivity contribution in [3.8, 4) is 5.75 Å². The van der Waals surface area contributed by atoms with Gasteiger partial charge in [-0.1, -0.05) is 29.8 Å². The summed E-state index contributed by atoms with van der Waals surface area (Å²) in [7, 11) is 0. The van der Waals surface area contributed by atoms with Gasteiger partial charge in [0.15, 0.2) is 6.61 Å². The molecule has 0 saturated heterocycles. The summed E-state index contributed by atoms with van der Waals surface area (Å²) < 4.78 is 48.2. The second-order valence-electron chi connectivity index (χ2n) is 5.31. The molecule has 0 spiro atoms. The molecule has 2 rings (SSSR count). The van der Waals surface area contributed by atoms with E-state index >= 15 is 0 Å². The van der Waals surface area contributed by atoms with E-state index in [4.69, 9.17) is 21.1 Å². The van der Waals surface area contributed by atoms with Crippen molar-refractivity contribution in [3.05, 3.63) is 59.1 Å². The summed E-state index contributed by atoms with van der Waals surface area (Å²) in [6.45, 7) is -0.597. The molecular weight excluding hydrogens is 387 g/mol. The highest BCUT2D eigenvalue weighted by atomic mass is 35.5. The molecule has 0 fully saturated rings. The van der Waals surface area contributed by atoms with Crippen LogP contribution in [0.25, 0.3) is 0 Å². The topological polar surface area (TPSA) is 64.6 Å². The number of anilines is 1. The Hall–Kier alpha value is -2.74. The zero-order valence-electron chi connectivity index (χ0n) is 13.9. The first-order valence-corrected chi connectivity index (χ1v) is 8.13. The van der Waals surface area contributed by atoms with E-state index in [1.54, 1.807) is 24.3 Å². The lowest BCUT2D eigenvalue weighted by molar-refractivity contribution is -0.147. The Morgan fingerprint density at radius 2 is 1.78 bits per heavy atom. The standard InChI is InChI=1S/C18H15ClF3NO4/c19-14-7-6-12(18(20,21)22)10-15(14)23-16(24)11-27-17(25)8-9-26-13-4-2-1-3-5-13/h1-7,10H,8-9,11H2,(H,23,24). The van der Waals surface area contributed by atoms with Crippen LogP contribution in [-0.4, -0.2) is 25.1 Å². The average molecular weight is 402 g/mol. The quantitative estimate of drug-likeness (QED) is 0.702. The minimum atomic E-state index is -4.57. The van der Waals surface area contributed by atoms with Gasteiger partial charge in [0.05, 0.1) is 29.3 Å². The number of para-hydroxylation sites is 1. The van der Waals surface area contributed by atoms with Crippen LogP contribution < -0.4 is 10.1 Å². The summed E-state index contributed by atoms with van der Waals surface area (Å²) in [5.74, 6) is -0.910. The molecule has 1 amide bonds. The van der Waals surface area contributed by atoms with E-state index in [0.29, 0.717) is 11.8 Å². The second-order valence-corrected chi connectivity index (χ2v) is 5.72. The van der Waals surface area contributed by atoms with Crippen LogP contribution >= 0.6 is 11.6 Å². The third-order valence-corrected chi connectivity index (χ3v) is 3.58. The molecule has 0 atom stereocenters. The molecule has 0 aliphatic rings. The Bertz CT molecular complexity index is 797. The smallest absolute Gasteiger partial charge is 0.416 e. The lowest BCUT2D eigenvalue weighted by Crippen LogP contribution is -2.22. The monoisotopic (exact) mass is 401 g/mol. The van der Waals surface area contributed by atoms with Gasteiger partial charge in [0.25, 0.3) is 5.91 Å². The number of amides is 1. The fourth-order valence-corrected chi connectivity index (χ4v) is 2.14. The highest BCUT2D eigenvalue weighted by Crippen LogP contribution is 2.33. The Balaban J connectivity index is 1.78. The SMILES string of the molecule is O=C(COC(=O)CCOc1ccccc1)Nc1cc(C(F)(F)F)ccc1Cl. The maximum atomic E-state index is 12.7. The van der Waals surface area contributed by atoms with Gasteiger partial charge < -0.3 is 14.8 Å². The van der Waals surface area contributed by atoms with E-state index in [9.17, 15) is 22.8 Å². The molecule has 0 bridgehead atoms. The van der Waals surface area contributed by atoms with E-state index in [-0.39, 0.29) is 23.7 Å². The number of alkyl halides is 3. The highest BCUT2D eigenvalue weighted by Gasteiger charge is 2.31. The van der Waals surface area contributed by atoms with E-state index < -0.39 is 30.2 Å². The lowest BCUT2D eigenvalue weighted by Gasteiger charge is -2.12. The highest BCUT2D eigenvalue weighted by molar-refractivity contribution is 6.33. The van der Waals surface area contributed by atoms with Crippen molar-refractivity contribution in [3.63, 3.8) is 0 Å². The number of ether oxygens (including phenoxy) is 2. The molecule has 0 aromatic heterocycles. The number of carbonyl (C=O) groups is 2. The van der Waals surface area contributed by atoms with Gasteiger partial charge in [-0.3, -0.25) is 9.59 Å². The molecule has 1 N–H and O–H groups in total. The summed E-state index contributed by atoms with van der Waals surface area (Å²) in [6.07, 6.45) is -4.66. The van der Waals surface area contributed by atoms with E-state index in [1.807, 2.05) is 6.07 Å². The predicted octanol–water partition coefficient (Wildman–Crippen LogP) is 4.31. The predicted molar refractivity (Wildman–Crippen MR) is 92.6 cm³/mol. The van der Waals surface area contributed by atoms with Gasteiger partial charge in [-0.25, -0.2) is 0 Å². The molecule has 2 aromatic carbocycles. The van der Waals surface area contributed by atoms with Crippen LogP contribution in [0.2, 0.25) is 5.02 Å². The van der Waals surface area contributed by atoms with E-state index in [0.717, 1.165) is 12.1 Å². The summed E-state index contributed by atoms with van der Waals surface area (Å²) in [5.41, 5.74) is -1.18. The van der Waals surface area contributed by atoms with Gasteiger partial charge in [0, 0.05) is 0 Å². The van der Waals surface area contributed by atoms with E-state index in [2.05, 4.69) is 5.32 Å². The number of halogens is 4. The third kappa shape index (κ3) is 6.82. The number of hydrogen-bond donors (Lipinski definition) is 1. The number of hydrogen-bond acceptors (Lipinski definition) is 4. The number of nitrogens with one attached hydrogen (secondary N) is 1. The Morgan fingerprint density at radius 1 is 1.07 bits per heavy atom. The van der Waals surface area contributed by atoms with Gasteiger partial charge in [-0.05, 0) is 30.3 Å². The molecule has 0 unspecified atom stereocenters. The van der Waals surface area contributed by atoms with Crippen molar-refractivity contribution in [2.45, 2.75) is 12.6 Å². The maximum Gasteiger partial charge on any atom is 0.416 e. The molecule has 0 heterocycles. The first-order chi connectivity index (χ1) is 12.8. The summed E-state index contributed by atoms with van der Waals surface area (Å²) in [4.78, 5) is 23.4. The zero-order valence-corrected chi connectivity index (χ0v) is 14.6. The molecule has 5 nitrogen and oxygen atoms in total. The second kappa shape index (κ2) is 9.27. The van der Waals surface area contributed by atoms with E-state index in [1.165, 1.54) is 0 Å². The normalized spacial score (nSPS) is 11.0. The number of rotatable bonds is 7. The number of esters is 1. The summed E-state index contributed by atoms with van der Waals surface area (Å²) in [5, 5.41) is 2.11. The molecule has 9 heteroatoms. The fourth-order valence-electron chi connectivity index (χ4n) is 1.97. The fraction of sp³-hybridized carbons (Fsp3) is 0.222. The molecule has 0 radical (unpaired) electrons. The van der Waals surface area contributed by atoms with Gasteiger partial charge >= 0.3 is 12.1 Å². The van der Waals surface area contributed by atoms with Crippen LogP contribution in [0.15, 0.2) is 48.5 Å². The van der Waals surface area contributed by atoms with Crippen LogP contribution in [-0.2, 0) is 20.5 Å². The molecule has 144 valence electrons. The first kappa shape index (κ1) is 20.6. The zero-order chi connectivity index (χ0) is 19.9. The Morgan fingerprint density at radius 3 is 2.44 bits per heavy atom. The minimum Gasteiger partial charge on any atom is -0.493 e. The van der Waals surface area contributed by atoms with Gasteiger partial charge in [0.2, 0.25) is 0 Å². The van der Waals surface area contributed by atoms with Crippen LogP contribution in [0.4, 0.5) is 18.9 Å². The minimum absolute atomic E-state index is 0.0594. The number of carbonyl (C=O) groups excluding carboxylic acids is 2. The van der Waals surface area contributed by atoms with Gasteiger partial charge in [0.1, 0.15) is 5.75 Å². The van der Waals surface area contributed by atoms with Gasteiger partial charge in [-0.15, -0.1) is 0 Å². The molecule has 2 aromatic rings. The number of benzene rings is 2. The van der Waals surface area contributed by atoms with Crippen LogP contribution in [0.5, 0.6) is 5.75 Å². The van der Waals surface area contributed by atoms with Gasteiger partial charge in [-0.2, -0.15) is 13.2 Å². The summed E-state index contributed by atoms with van der Waals surface area (Å²) in [6, 6.07) is 11.3. The van der Waals surface area contributed by atoms with Crippen molar-refractivity contribution >= 4 is 29.2 Å². The van der Waals surface area contributed by atoms with Crippen molar-refractivity contribution < 1.29 is 32.2 Å². The lowest BCUT2D eigenvalue weighted by atomic mass is 10.2. The van der Waals surface area contributed by atoms with Crippen LogP contribution in [0.1, 0.15) is 12.0 Å². The van der Waals surface area contributed by atoms with Crippen molar-refractivity contribution in [1.29, 1.82) is 0 Å². The average Bonchev–Trinajstić information content (AvgIpc) is 2.62. The molecule has 0 saturated carbocycles. The van der Waals surface area contributed by atoms with Crippen molar-refractivity contribution in [2.75, 3.05) is 18.5 Å². The van der Waals surface area contributed by atoms with Crippen LogP contribution in [0.3, 0.4) is 0 Å². The molecule has 27 heavy (non-hydrogen) atoms. The Kier molecular flexibility index (Phi) is 7.06. The molecular formula is C18H15ClF3NO4. The Labute approximate surface area is 158 Å². The molecule has 0 aliphatic heterocycles. The molecule has 0 aliphatic carbocycles.